The van der Waals surface area contributed by atoms with E-state index in [-0.39, 0.29) is 17.7 Å². The third-order valence-electron chi connectivity index (χ3n) is 5.44. The van der Waals surface area contributed by atoms with Crippen LogP contribution >= 0.6 is 0 Å². The van der Waals surface area contributed by atoms with Crippen molar-refractivity contribution in [2.75, 3.05) is 19.0 Å². The van der Waals surface area contributed by atoms with Crippen LogP contribution in [0.15, 0.2) is 41.5 Å². The number of carbonyl (C=O) groups excluding carboxylic acids is 1. The lowest BCUT2D eigenvalue weighted by atomic mass is 9.98. The molecule has 1 unspecified atom stereocenters. The first-order chi connectivity index (χ1) is 15.6. The molecule has 0 saturated heterocycles. The van der Waals surface area contributed by atoms with Gasteiger partial charge in [-0.05, 0) is 48.2 Å². The Bertz CT molecular complexity index is 1160. The highest BCUT2D eigenvalue weighted by Gasteiger charge is 2.19. The van der Waals surface area contributed by atoms with Crippen LogP contribution in [-0.4, -0.2) is 40.9 Å². The normalized spacial score (nSPS) is 15.0. The van der Waals surface area contributed by atoms with Gasteiger partial charge in [0.15, 0.2) is 0 Å². The molecule has 0 aliphatic carbocycles. The van der Waals surface area contributed by atoms with E-state index >= 15 is 0 Å². The molecule has 4 rings (SSSR count). The first kappa shape index (κ1) is 21.5. The van der Waals surface area contributed by atoms with Crippen LogP contribution in [0.5, 0.6) is 11.6 Å². The molecule has 1 amide bonds. The molecule has 2 aromatic carbocycles. The zero-order valence-electron chi connectivity index (χ0n) is 18.3. The number of rotatable bonds is 8. The number of hydrogen-bond donors (Lipinski definition) is 3. The van der Waals surface area contributed by atoms with Crippen molar-refractivity contribution in [1.82, 2.24) is 15.4 Å². The molecule has 2 heterocycles. The van der Waals surface area contributed by atoms with Gasteiger partial charge in [0.1, 0.15) is 17.1 Å². The third-order valence-corrected chi connectivity index (χ3v) is 5.44. The minimum Gasteiger partial charge on any atom is -0.494 e. The number of hydrazone groups is 1. The number of nitrogens with zero attached hydrogens (tertiary/aromatic N) is 3. The molecule has 8 nitrogen and oxygen atoms in total. The summed E-state index contributed by atoms with van der Waals surface area (Å²) in [6.45, 7) is 2.68. The molecule has 1 atom stereocenters. The Hall–Kier alpha value is -3.68. The average Bonchev–Trinajstić information content (AvgIpc) is 3.33. The lowest BCUT2D eigenvalue weighted by molar-refractivity contribution is -0.116. The van der Waals surface area contributed by atoms with E-state index in [1.807, 2.05) is 49.5 Å². The molecule has 3 N–H and O–H groups in total. The second-order valence-corrected chi connectivity index (χ2v) is 7.83. The summed E-state index contributed by atoms with van der Waals surface area (Å²) >= 11 is 0. The van der Waals surface area contributed by atoms with Gasteiger partial charge >= 0.3 is 0 Å². The Morgan fingerprint density at radius 2 is 2.12 bits per heavy atom. The maximum atomic E-state index is 11.9. The zero-order chi connectivity index (χ0) is 22.5. The van der Waals surface area contributed by atoms with Crippen LogP contribution in [0, 0.1) is 0 Å². The maximum absolute atomic E-state index is 11.9. The van der Waals surface area contributed by atoms with Crippen molar-refractivity contribution < 1.29 is 14.6 Å². The number of ether oxygens (including phenoxy) is 1. The fraction of sp³-hybridized carbons (Fsp3) is 0.333. The lowest BCUT2D eigenvalue weighted by Crippen LogP contribution is -2.10. The van der Waals surface area contributed by atoms with E-state index in [4.69, 9.17) is 4.74 Å². The van der Waals surface area contributed by atoms with Crippen molar-refractivity contribution in [2.45, 2.75) is 38.5 Å². The molecule has 0 spiro atoms. The van der Waals surface area contributed by atoms with Crippen molar-refractivity contribution in [3.05, 3.63) is 53.3 Å². The van der Waals surface area contributed by atoms with Gasteiger partial charge in [-0.15, -0.1) is 0 Å². The second kappa shape index (κ2) is 9.64. The minimum atomic E-state index is -0.0615. The monoisotopic (exact) mass is 433 g/mol. The highest BCUT2D eigenvalue weighted by Crippen LogP contribution is 2.33. The second-order valence-electron chi connectivity index (χ2n) is 7.83. The van der Waals surface area contributed by atoms with E-state index in [0.29, 0.717) is 48.3 Å². The molecular weight excluding hydrogens is 406 g/mol. The van der Waals surface area contributed by atoms with E-state index in [2.05, 4.69) is 25.8 Å². The molecule has 0 radical (unpaired) electrons. The quantitative estimate of drug-likeness (QED) is 0.501. The standard InChI is InChI=1S/C24H27N5O3/c1-3-5-22(30)27-18-7-4-6-15(10-18)8-9-21-28-23-19(24(31)29-21)11-16(12-20(23)32-2)17-13-25-26-14-17/h4,6-7,10-13,17,26H,3,5,8-9,14H2,1-2H3,(H,27,30)(H,28,29,31). The number of nitrogens with one attached hydrogen (secondary N) is 2. The zero-order valence-corrected chi connectivity index (χ0v) is 18.3. The summed E-state index contributed by atoms with van der Waals surface area (Å²) in [5.74, 6) is 1.19. The van der Waals surface area contributed by atoms with Crippen LogP contribution in [0.4, 0.5) is 5.69 Å². The van der Waals surface area contributed by atoms with E-state index in [0.717, 1.165) is 23.2 Å². The molecule has 1 aromatic heterocycles. The third kappa shape index (κ3) is 4.80. The molecular formula is C24H27N5O3. The van der Waals surface area contributed by atoms with Gasteiger partial charge in [0.25, 0.3) is 0 Å². The van der Waals surface area contributed by atoms with Gasteiger partial charge < -0.3 is 20.6 Å². The number of methoxy groups -OCH3 is 1. The number of amides is 1. The Morgan fingerprint density at radius 1 is 1.25 bits per heavy atom. The summed E-state index contributed by atoms with van der Waals surface area (Å²) in [6, 6.07) is 11.6. The number of aryl methyl sites for hydroxylation is 2. The topological polar surface area (TPSA) is 109 Å². The van der Waals surface area contributed by atoms with Crippen LogP contribution < -0.4 is 15.5 Å². The largest absolute Gasteiger partial charge is 0.494 e. The molecule has 1 aliphatic rings. The number of benzene rings is 2. The highest BCUT2D eigenvalue weighted by atomic mass is 16.5. The Labute approximate surface area is 186 Å². The molecule has 0 saturated carbocycles. The first-order valence-corrected chi connectivity index (χ1v) is 10.8. The smallest absolute Gasteiger partial charge is 0.224 e. The number of aromatic hydroxyl groups is 1. The van der Waals surface area contributed by atoms with Gasteiger partial charge in [0.2, 0.25) is 11.8 Å². The van der Waals surface area contributed by atoms with Gasteiger partial charge in [0.05, 0.1) is 12.5 Å². The molecule has 0 fully saturated rings. The first-order valence-electron chi connectivity index (χ1n) is 10.8. The van der Waals surface area contributed by atoms with Crippen LogP contribution in [0.25, 0.3) is 10.9 Å². The highest BCUT2D eigenvalue weighted by molar-refractivity contribution is 5.91. The molecule has 32 heavy (non-hydrogen) atoms. The van der Waals surface area contributed by atoms with Gasteiger partial charge in [-0.1, -0.05) is 19.1 Å². The molecule has 3 aromatic rings. The number of hydrogen-bond acceptors (Lipinski definition) is 7. The number of aromatic nitrogens is 2. The van der Waals surface area contributed by atoms with Gasteiger partial charge in [0, 0.05) is 37.2 Å². The van der Waals surface area contributed by atoms with Gasteiger partial charge in [-0.2, -0.15) is 10.1 Å². The fourth-order valence-electron chi connectivity index (χ4n) is 3.79. The molecule has 166 valence electrons. The predicted octanol–water partition coefficient (Wildman–Crippen LogP) is 3.54. The van der Waals surface area contributed by atoms with Crippen LogP contribution in [0.1, 0.15) is 42.6 Å². The van der Waals surface area contributed by atoms with E-state index in [1.54, 1.807) is 7.11 Å². The van der Waals surface area contributed by atoms with Crippen LogP contribution in [0.2, 0.25) is 0 Å². The predicted molar refractivity (Wildman–Crippen MR) is 124 cm³/mol. The molecule has 1 aliphatic heterocycles. The van der Waals surface area contributed by atoms with Crippen molar-refractivity contribution in [1.29, 1.82) is 0 Å². The van der Waals surface area contributed by atoms with E-state index < -0.39 is 0 Å². The summed E-state index contributed by atoms with van der Waals surface area (Å²) in [6.07, 6.45) is 4.37. The van der Waals surface area contributed by atoms with Crippen molar-refractivity contribution in [3.8, 4) is 11.6 Å². The Balaban J connectivity index is 1.54. The Kier molecular flexibility index (Phi) is 6.49. The Morgan fingerprint density at radius 3 is 2.88 bits per heavy atom. The lowest BCUT2D eigenvalue weighted by Gasteiger charge is -2.13. The summed E-state index contributed by atoms with van der Waals surface area (Å²) < 4.78 is 5.57. The van der Waals surface area contributed by atoms with E-state index in [9.17, 15) is 9.90 Å². The van der Waals surface area contributed by atoms with Crippen LogP contribution in [-0.2, 0) is 17.6 Å². The summed E-state index contributed by atoms with van der Waals surface area (Å²) in [4.78, 5) is 20.8. The number of fused-ring (bicyclic) bond motifs is 1. The average molecular weight is 434 g/mol. The van der Waals surface area contributed by atoms with Gasteiger partial charge in [-0.3, -0.25) is 4.79 Å². The minimum absolute atomic E-state index is 0.0126. The molecule has 8 heteroatoms. The fourth-order valence-corrected chi connectivity index (χ4v) is 3.79. The maximum Gasteiger partial charge on any atom is 0.224 e. The molecule has 0 bridgehead atoms. The summed E-state index contributed by atoms with van der Waals surface area (Å²) in [7, 11) is 1.59. The summed E-state index contributed by atoms with van der Waals surface area (Å²) in [5, 5.41) is 18.2. The van der Waals surface area contributed by atoms with Crippen LogP contribution in [0.3, 0.4) is 0 Å². The number of anilines is 1. The number of carbonyl (C=O) groups is 1. The van der Waals surface area contributed by atoms with Crippen molar-refractivity contribution >= 4 is 28.7 Å². The van der Waals surface area contributed by atoms with E-state index in [1.165, 1.54) is 0 Å². The van der Waals surface area contributed by atoms with Gasteiger partial charge in [-0.25, -0.2) is 4.98 Å². The van der Waals surface area contributed by atoms with Crippen molar-refractivity contribution in [2.24, 2.45) is 5.10 Å². The summed E-state index contributed by atoms with van der Waals surface area (Å²) in [5.41, 5.74) is 6.35. The SMILES string of the molecule is CCCC(=O)Nc1cccc(CCc2nc(O)c3cc(C4C=NNC4)cc(OC)c3n2)c1. The van der Waals surface area contributed by atoms with Crippen molar-refractivity contribution in [3.63, 3.8) is 0 Å².